The van der Waals surface area contributed by atoms with E-state index in [0.29, 0.717) is 38.3 Å². The van der Waals surface area contributed by atoms with E-state index in [4.69, 9.17) is 5.73 Å². The van der Waals surface area contributed by atoms with Crippen molar-refractivity contribution in [1.29, 1.82) is 0 Å². The third-order valence-corrected chi connectivity index (χ3v) is 7.50. The zero-order valence-electron chi connectivity index (χ0n) is 15.1. The average molecular weight is 360 g/mol. The standard InChI is InChI=1S/C17H33N3O3S/c1-3-4-13-24(22,23)20-11-7-16(8-12-20)17(21)19-9-5-15(6-10-19)14(2)18/h14-16H,3-13,18H2,1-2H3. The van der Waals surface area contributed by atoms with Gasteiger partial charge in [0, 0.05) is 38.1 Å². The maximum atomic E-state index is 12.7. The Hall–Kier alpha value is -0.660. The molecule has 1 unspecified atom stereocenters. The van der Waals surface area contributed by atoms with Crippen LogP contribution in [0.3, 0.4) is 0 Å². The molecule has 2 N–H and O–H groups in total. The molecular formula is C17H33N3O3S. The molecule has 2 fully saturated rings. The number of sulfonamides is 1. The first-order valence-corrected chi connectivity index (χ1v) is 11.0. The van der Waals surface area contributed by atoms with E-state index in [1.54, 1.807) is 4.31 Å². The Kier molecular flexibility index (Phi) is 7.07. The Morgan fingerprint density at radius 3 is 2.21 bits per heavy atom. The quantitative estimate of drug-likeness (QED) is 0.777. The number of hydrogen-bond donors (Lipinski definition) is 1. The van der Waals surface area contributed by atoms with Crippen LogP contribution in [0.25, 0.3) is 0 Å². The van der Waals surface area contributed by atoms with E-state index in [9.17, 15) is 13.2 Å². The SMILES string of the molecule is CCCCS(=O)(=O)N1CCC(C(=O)N2CCC(C(C)N)CC2)CC1. The highest BCUT2D eigenvalue weighted by Crippen LogP contribution is 2.26. The maximum Gasteiger partial charge on any atom is 0.225 e. The first-order chi connectivity index (χ1) is 11.3. The molecule has 1 amide bonds. The molecule has 2 aliphatic rings. The van der Waals surface area contributed by atoms with Crippen LogP contribution < -0.4 is 5.73 Å². The van der Waals surface area contributed by atoms with Crippen LogP contribution >= 0.6 is 0 Å². The average Bonchev–Trinajstić information content (AvgIpc) is 2.59. The van der Waals surface area contributed by atoms with Gasteiger partial charge in [-0.25, -0.2) is 12.7 Å². The third kappa shape index (κ3) is 4.92. The minimum absolute atomic E-state index is 0.0190. The lowest BCUT2D eigenvalue weighted by Gasteiger charge is -2.37. The van der Waals surface area contributed by atoms with Gasteiger partial charge in [0.2, 0.25) is 15.9 Å². The molecule has 2 aliphatic heterocycles. The van der Waals surface area contributed by atoms with Gasteiger partial charge in [0.15, 0.2) is 0 Å². The molecule has 0 radical (unpaired) electrons. The van der Waals surface area contributed by atoms with Gasteiger partial charge in [-0.2, -0.15) is 0 Å². The van der Waals surface area contributed by atoms with Gasteiger partial charge in [-0.15, -0.1) is 0 Å². The summed E-state index contributed by atoms with van der Waals surface area (Å²) in [6.45, 7) is 6.59. The van der Waals surface area contributed by atoms with Gasteiger partial charge in [-0.3, -0.25) is 4.79 Å². The first-order valence-electron chi connectivity index (χ1n) is 9.37. The molecule has 0 aromatic carbocycles. The Morgan fingerprint density at radius 2 is 1.71 bits per heavy atom. The molecule has 140 valence electrons. The zero-order chi connectivity index (χ0) is 17.7. The van der Waals surface area contributed by atoms with Crippen molar-refractivity contribution in [3.63, 3.8) is 0 Å². The molecule has 0 aromatic rings. The highest BCUT2D eigenvalue weighted by Gasteiger charge is 2.34. The second-order valence-corrected chi connectivity index (χ2v) is 9.45. The van der Waals surface area contributed by atoms with Crippen molar-refractivity contribution in [2.75, 3.05) is 31.9 Å². The van der Waals surface area contributed by atoms with Gasteiger partial charge in [0.1, 0.15) is 0 Å². The first kappa shape index (κ1) is 19.7. The summed E-state index contributed by atoms with van der Waals surface area (Å²) < 4.78 is 26.1. The molecule has 24 heavy (non-hydrogen) atoms. The minimum atomic E-state index is -3.14. The topological polar surface area (TPSA) is 83.7 Å². The van der Waals surface area contributed by atoms with Crippen molar-refractivity contribution >= 4 is 15.9 Å². The summed E-state index contributed by atoms with van der Waals surface area (Å²) in [6.07, 6.45) is 4.84. The summed E-state index contributed by atoms with van der Waals surface area (Å²) in [4.78, 5) is 14.6. The Labute approximate surface area is 146 Å². The lowest BCUT2D eigenvalue weighted by Crippen LogP contribution is -2.48. The summed E-state index contributed by atoms with van der Waals surface area (Å²) in [6, 6.07) is 0.193. The van der Waals surface area contributed by atoms with E-state index in [-0.39, 0.29) is 23.6 Å². The summed E-state index contributed by atoms with van der Waals surface area (Å²) in [5.41, 5.74) is 5.96. The lowest BCUT2D eigenvalue weighted by atomic mass is 9.89. The molecule has 2 saturated heterocycles. The van der Waals surface area contributed by atoms with Crippen LogP contribution in [0.2, 0.25) is 0 Å². The van der Waals surface area contributed by atoms with Crippen LogP contribution in [0, 0.1) is 11.8 Å². The van der Waals surface area contributed by atoms with Crippen molar-refractivity contribution in [1.82, 2.24) is 9.21 Å². The molecule has 0 saturated carbocycles. The maximum absolute atomic E-state index is 12.7. The molecule has 2 heterocycles. The molecular weight excluding hydrogens is 326 g/mol. The van der Waals surface area contributed by atoms with Gasteiger partial charge in [0.25, 0.3) is 0 Å². The molecule has 0 spiro atoms. The van der Waals surface area contributed by atoms with Crippen LogP contribution in [-0.4, -0.2) is 61.5 Å². The Balaban J connectivity index is 1.81. The summed E-state index contributed by atoms with van der Waals surface area (Å²) in [5.74, 6) is 0.935. The smallest absolute Gasteiger partial charge is 0.225 e. The highest BCUT2D eigenvalue weighted by atomic mass is 32.2. The summed E-state index contributed by atoms with van der Waals surface area (Å²) in [7, 11) is -3.14. The van der Waals surface area contributed by atoms with Gasteiger partial charge >= 0.3 is 0 Å². The summed E-state index contributed by atoms with van der Waals surface area (Å²) in [5, 5.41) is 0. The van der Waals surface area contributed by atoms with Gasteiger partial charge in [-0.1, -0.05) is 13.3 Å². The van der Waals surface area contributed by atoms with E-state index in [1.165, 1.54) is 0 Å². The minimum Gasteiger partial charge on any atom is -0.342 e. The Morgan fingerprint density at radius 1 is 1.12 bits per heavy atom. The van der Waals surface area contributed by atoms with E-state index < -0.39 is 10.0 Å². The predicted molar refractivity (Wildman–Crippen MR) is 95.9 cm³/mol. The van der Waals surface area contributed by atoms with Crippen molar-refractivity contribution in [3.05, 3.63) is 0 Å². The number of piperidine rings is 2. The molecule has 0 aromatic heterocycles. The van der Waals surface area contributed by atoms with E-state index in [0.717, 1.165) is 32.4 Å². The molecule has 0 aliphatic carbocycles. The number of unbranched alkanes of at least 4 members (excludes halogenated alkanes) is 1. The van der Waals surface area contributed by atoms with Crippen LogP contribution in [0.4, 0.5) is 0 Å². The number of hydrogen-bond acceptors (Lipinski definition) is 4. The van der Waals surface area contributed by atoms with Crippen LogP contribution in [-0.2, 0) is 14.8 Å². The van der Waals surface area contributed by atoms with Crippen LogP contribution in [0.5, 0.6) is 0 Å². The largest absolute Gasteiger partial charge is 0.342 e. The molecule has 1 atom stereocenters. The fourth-order valence-corrected chi connectivity index (χ4v) is 5.42. The third-order valence-electron chi connectivity index (χ3n) is 5.55. The fraction of sp³-hybridized carbons (Fsp3) is 0.941. The molecule has 7 heteroatoms. The van der Waals surface area contributed by atoms with Gasteiger partial charge in [-0.05, 0) is 44.9 Å². The molecule has 2 rings (SSSR count). The molecule has 0 bridgehead atoms. The second kappa shape index (κ2) is 8.63. The van der Waals surface area contributed by atoms with Gasteiger partial charge < -0.3 is 10.6 Å². The number of carbonyl (C=O) groups is 1. The van der Waals surface area contributed by atoms with Crippen molar-refractivity contribution in [2.45, 2.75) is 58.4 Å². The number of rotatable bonds is 6. The Bertz CT molecular complexity index is 505. The predicted octanol–water partition coefficient (Wildman–Crippen LogP) is 1.41. The second-order valence-electron chi connectivity index (χ2n) is 7.36. The molecule has 6 nitrogen and oxygen atoms in total. The highest BCUT2D eigenvalue weighted by molar-refractivity contribution is 7.89. The van der Waals surface area contributed by atoms with E-state index in [2.05, 4.69) is 0 Å². The van der Waals surface area contributed by atoms with Crippen molar-refractivity contribution in [2.24, 2.45) is 17.6 Å². The van der Waals surface area contributed by atoms with Crippen LogP contribution in [0.1, 0.15) is 52.4 Å². The number of nitrogens with two attached hydrogens (primary N) is 1. The number of carbonyl (C=O) groups excluding carboxylic acids is 1. The van der Waals surface area contributed by atoms with Gasteiger partial charge in [0.05, 0.1) is 5.75 Å². The number of likely N-dealkylation sites (tertiary alicyclic amines) is 1. The lowest BCUT2D eigenvalue weighted by molar-refractivity contribution is -0.138. The van der Waals surface area contributed by atoms with Crippen molar-refractivity contribution in [3.8, 4) is 0 Å². The van der Waals surface area contributed by atoms with E-state index in [1.807, 2.05) is 18.7 Å². The van der Waals surface area contributed by atoms with E-state index >= 15 is 0 Å². The number of nitrogens with zero attached hydrogens (tertiary/aromatic N) is 2. The fourth-order valence-electron chi connectivity index (χ4n) is 3.74. The normalized spacial score (nSPS) is 23.4. The summed E-state index contributed by atoms with van der Waals surface area (Å²) >= 11 is 0. The van der Waals surface area contributed by atoms with Crippen molar-refractivity contribution < 1.29 is 13.2 Å². The van der Waals surface area contributed by atoms with Crippen LogP contribution in [0.15, 0.2) is 0 Å². The number of amides is 1. The zero-order valence-corrected chi connectivity index (χ0v) is 15.9. The monoisotopic (exact) mass is 359 g/mol.